The van der Waals surface area contributed by atoms with Crippen molar-refractivity contribution in [2.24, 2.45) is 0 Å². The van der Waals surface area contributed by atoms with Gasteiger partial charge in [0.05, 0.1) is 42.0 Å². The molecule has 0 bridgehead atoms. The lowest BCUT2D eigenvalue weighted by atomic mass is 10.2. The van der Waals surface area contributed by atoms with E-state index in [1.54, 1.807) is 16.9 Å². The maximum Gasteiger partial charge on any atom is 0.131 e. The quantitative estimate of drug-likeness (QED) is 0.436. The Labute approximate surface area is 177 Å². The smallest absolute Gasteiger partial charge is 0.131 e. The molecule has 0 spiro atoms. The lowest BCUT2D eigenvalue weighted by Gasteiger charge is -2.06. The first-order valence-corrected chi connectivity index (χ1v) is 9.71. The van der Waals surface area contributed by atoms with Crippen LogP contribution in [-0.2, 0) is 6.54 Å². The van der Waals surface area contributed by atoms with E-state index in [4.69, 9.17) is 11.6 Å². The molecule has 9 heteroatoms. The number of aryl methyl sites for hydroxylation is 1. The van der Waals surface area contributed by atoms with Crippen LogP contribution in [-0.4, -0.2) is 34.7 Å². The molecule has 0 amide bonds. The number of benzene rings is 1. The molecule has 4 heterocycles. The van der Waals surface area contributed by atoms with Crippen LogP contribution in [0.5, 0.6) is 0 Å². The van der Waals surface area contributed by atoms with Crippen molar-refractivity contribution in [1.82, 2.24) is 34.7 Å². The summed E-state index contributed by atoms with van der Waals surface area (Å²) >= 11 is 6.01. The molecule has 5 rings (SSSR count). The van der Waals surface area contributed by atoms with Gasteiger partial charge in [0.25, 0.3) is 0 Å². The Morgan fingerprint density at radius 3 is 2.70 bits per heavy atom. The molecule has 0 aliphatic heterocycles. The number of hydrogen-bond acceptors (Lipinski definition) is 6. The van der Waals surface area contributed by atoms with E-state index in [1.807, 2.05) is 66.6 Å². The van der Waals surface area contributed by atoms with Crippen molar-refractivity contribution in [1.29, 1.82) is 0 Å². The number of rotatable bonds is 5. The number of nitrogens with zero attached hydrogens (tertiary/aromatic N) is 7. The van der Waals surface area contributed by atoms with E-state index in [-0.39, 0.29) is 0 Å². The van der Waals surface area contributed by atoms with Gasteiger partial charge in [-0.3, -0.25) is 4.98 Å². The number of pyridine rings is 2. The summed E-state index contributed by atoms with van der Waals surface area (Å²) in [6.07, 6.45) is 7.30. The molecule has 1 aromatic carbocycles. The minimum absolute atomic E-state index is 0.460. The zero-order valence-electron chi connectivity index (χ0n) is 16.1. The Hall–Kier alpha value is -3.78. The van der Waals surface area contributed by atoms with E-state index in [1.165, 1.54) is 0 Å². The number of hydrogen-bond donors (Lipinski definition) is 1. The molecule has 0 saturated carbocycles. The van der Waals surface area contributed by atoms with Crippen LogP contribution in [0.25, 0.3) is 22.3 Å². The second-order valence-electron chi connectivity index (χ2n) is 6.84. The summed E-state index contributed by atoms with van der Waals surface area (Å²) in [4.78, 5) is 8.35. The van der Waals surface area contributed by atoms with Crippen LogP contribution < -0.4 is 5.32 Å². The van der Waals surface area contributed by atoms with Crippen molar-refractivity contribution >= 4 is 28.2 Å². The maximum absolute atomic E-state index is 6.01. The highest BCUT2D eigenvalue weighted by atomic mass is 35.5. The number of halogens is 1. The van der Waals surface area contributed by atoms with Crippen LogP contribution in [0.15, 0.2) is 67.3 Å². The molecule has 30 heavy (non-hydrogen) atoms. The third kappa shape index (κ3) is 3.60. The summed E-state index contributed by atoms with van der Waals surface area (Å²) in [6.45, 7) is 2.43. The van der Waals surface area contributed by atoms with Gasteiger partial charge in [-0.25, -0.2) is 14.3 Å². The van der Waals surface area contributed by atoms with Crippen molar-refractivity contribution in [3.05, 3.63) is 83.8 Å². The first-order chi connectivity index (χ1) is 14.7. The molecular formula is C21H17ClN8. The normalized spacial score (nSPS) is 11.1. The highest BCUT2D eigenvalue weighted by Crippen LogP contribution is 2.19. The van der Waals surface area contributed by atoms with Gasteiger partial charge in [-0.05, 0) is 49.4 Å². The van der Waals surface area contributed by atoms with Crippen molar-refractivity contribution in [2.75, 3.05) is 5.32 Å². The molecule has 8 nitrogen and oxygen atoms in total. The summed E-state index contributed by atoms with van der Waals surface area (Å²) < 4.78 is 3.61. The zero-order chi connectivity index (χ0) is 20.5. The molecule has 5 aromatic rings. The third-order valence-electron chi connectivity index (χ3n) is 4.67. The van der Waals surface area contributed by atoms with Gasteiger partial charge in [0.2, 0.25) is 0 Å². The maximum atomic E-state index is 6.01. The number of nitrogens with one attached hydrogen (secondary N) is 1. The topological polar surface area (TPSA) is 86.3 Å². The largest absolute Gasteiger partial charge is 0.379 e. The summed E-state index contributed by atoms with van der Waals surface area (Å²) in [5.74, 6) is 0. The fourth-order valence-electron chi connectivity index (χ4n) is 3.25. The second kappa shape index (κ2) is 7.57. The molecule has 0 radical (unpaired) electrons. The second-order valence-corrected chi connectivity index (χ2v) is 7.22. The highest BCUT2D eigenvalue weighted by molar-refractivity contribution is 6.29. The van der Waals surface area contributed by atoms with Gasteiger partial charge in [0.1, 0.15) is 10.8 Å². The van der Waals surface area contributed by atoms with E-state index >= 15 is 0 Å². The average molecular weight is 417 g/mol. The van der Waals surface area contributed by atoms with Crippen molar-refractivity contribution in [3.63, 3.8) is 0 Å². The van der Waals surface area contributed by atoms with Crippen LogP contribution in [0.1, 0.15) is 11.4 Å². The first-order valence-electron chi connectivity index (χ1n) is 9.33. The summed E-state index contributed by atoms with van der Waals surface area (Å²) in [5, 5.41) is 17.7. The van der Waals surface area contributed by atoms with Crippen LogP contribution in [0.4, 0.5) is 5.69 Å². The van der Waals surface area contributed by atoms with Crippen molar-refractivity contribution < 1.29 is 0 Å². The van der Waals surface area contributed by atoms with Gasteiger partial charge in [-0.2, -0.15) is 5.10 Å². The number of anilines is 1. The SMILES string of the molecule is Cc1cc(NCc2cn(-c3ccc(-n4ncc5ccncc54)cc3)nn2)cc(Cl)n1. The van der Waals surface area contributed by atoms with Gasteiger partial charge in [0.15, 0.2) is 0 Å². The van der Waals surface area contributed by atoms with Gasteiger partial charge >= 0.3 is 0 Å². The van der Waals surface area contributed by atoms with E-state index in [0.29, 0.717) is 11.7 Å². The molecule has 148 valence electrons. The van der Waals surface area contributed by atoms with Crippen molar-refractivity contribution in [3.8, 4) is 11.4 Å². The molecule has 0 aliphatic carbocycles. The first kappa shape index (κ1) is 18.3. The van der Waals surface area contributed by atoms with E-state index in [2.05, 4.69) is 30.7 Å². The van der Waals surface area contributed by atoms with E-state index in [9.17, 15) is 0 Å². The fourth-order valence-corrected chi connectivity index (χ4v) is 3.50. The lowest BCUT2D eigenvalue weighted by molar-refractivity contribution is 0.797. The molecule has 4 aromatic heterocycles. The van der Waals surface area contributed by atoms with Crippen molar-refractivity contribution in [2.45, 2.75) is 13.5 Å². The minimum atomic E-state index is 0.460. The van der Waals surface area contributed by atoms with Gasteiger partial charge in [-0.1, -0.05) is 16.8 Å². The van der Waals surface area contributed by atoms with Gasteiger partial charge in [-0.15, -0.1) is 5.10 Å². The summed E-state index contributed by atoms with van der Waals surface area (Å²) in [7, 11) is 0. The highest BCUT2D eigenvalue weighted by Gasteiger charge is 2.07. The third-order valence-corrected chi connectivity index (χ3v) is 4.86. The predicted octanol–water partition coefficient (Wildman–Crippen LogP) is 3.97. The minimum Gasteiger partial charge on any atom is -0.379 e. The predicted molar refractivity (Wildman–Crippen MR) is 115 cm³/mol. The lowest BCUT2D eigenvalue weighted by Crippen LogP contribution is -2.01. The summed E-state index contributed by atoms with van der Waals surface area (Å²) in [6, 6.07) is 13.6. The Balaban J connectivity index is 1.32. The number of fused-ring (bicyclic) bond motifs is 1. The van der Waals surface area contributed by atoms with Crippen LogP contribution in [0.3, 0.4) is 0 Å². The molecule has 0 unspecified atom stereocenters. The molecule has 0 atom stereocenters. The van der Waals surface area contributed by atoms with Gasteiger partial charge < -0.3 is 5.32 Å². The number of aromatic nitrogens is 7. The molecular weight excluding hydrogens is 400 g/mol. The molecule has 0 fully saturated rings. The van der Waals surface area contributed by atoms with Crippen LogP contribution in [0, 0.1) is 6.92 Å². The Bertz CT molecular complexity index is 1300. The van der Waals surface area contributed by atoms with E-state index < -0.39 is 0 Å². The Kier molecular flexibility index (Phi) is 4.61. The molecule has 0 saturated heterocycles. The Morgan fingerprint density at radius 2 is 1.87 bits per heavy atom. The average Bonchev–Trinajstić information content (AvgIpc) is 3.39. The zero-order valence-corrected chi connectivity index (χ0v) is 16.8. The van der Waals surface area contributed by atoms with Crippen LogP contribution >= 0.6 is 11.6 Å². The Morgan fingerprint density at radius 1 is 1.03 bits per heavy atom. The van der Waals surface area contributed by atoms with E-state index in [0.717, 1.165) is 39.4 Å². The van der Waals surface area contributed by atoms with Crippen LogP contribution in [0.2, 0.25) is 5.15 Å². The summed E-state index contributed by atoms with van der Waals surface area (Å²) in [5.41, 5.74) is 5.39. The molecule has 1 N–H and O–H groups in total. The molecule has 0 aliphatic rings. The standard InChI is InChI=1S/C21H17ClN8/c1-14-8-16(9-21(22)26-14)24-11-17-13-29(28-27-17)18-2-4-19(5-3-18)30-20-12-23-7-6-15(20)10-25-30/h2-10,12-13H,11H2,1H3,(H,24,26). The van der Waals surface area contributed by atoms with Gasteiger partial charge in [0, 0.05) is 23.0 Å². The monoisotopic (exact) mass is 416 g/mol. The fraction of sp³-hybridized carbons (Fsp3) is 0.0952.